The summed E-state index contributed by atoms with van der Waals surface area (Å²) in [6.07, 6.45) is 0.965. The lowest BCUT2D eigenvalue weighted by Gasteiger charge is -2.07. The topological polar surface area (TPSA) is 74.8 Å². The number of rotatable bonds is 6. The van der Waals surface area contributed by atoms with Gasteiger partial charge in [0.25, 0.3) is 5.56 Å². The number of carbonyl (C=O) groups is 1. The maximum absolute atomic E-state index is 12.9. The van der Waals surface area contributed by atoms with Crippen LogP contribution in [0, 0.1) is 19.7 Å². The SMILES string of the molecule is Cc1cc(C)c2c(=O)[nH]c(SCCCC(=O)Nc3ccc(F)cc3)nc2c1. The van der Waals surface area contributed by atoms with Crippen LogP contribution in [-0.4, -0.2) is 21.6 Å². The first kappa shape index (κ1) is 19.1. The molecule has 1 heterocycles. The number of fused-ring (bicyclic) bond motifs is 1. The van der Waals surface area contributed by atoms with Gasteiger partial charge in [-0.25, -0.2) is 9.37 Å². The fourth-order valence-electron chi connectivity index (χ4n) is 2.85. The monoisotopic (exact) mass is 385 g/mol. The summed E-state index contributed by atoms with van der Waals surface area (Å²) in [5.41, 5.74) is 3.08. The first-order valence-electron chi connectivity index (χ1n) is 8.62. The Hall–Kier alpha value is -2.67. The van der Waals surface area contributed by atoms with E-state index in [-0.39, 0.29) is 17.3 Å². The third-order valence-corrected chi connectivity index (χ3v) is 5.00. The Bertz CT molecular complexity index is 1030. The average Bonchev–Trinajstić information content (AvgIpc) is 2.60. The summed E-state index contributed by atoms with van der Waals surface area (Å²) in [6.45, 7) is 3.88. The van der Waals surface area contributed by atoms with Gasteiger partial charge in [0.1, 0.15) is 5.82 Å². The number of hydrogen-bond acceptors (Lipinski definition) is 4. The van der Waals surface area contributed by atoms with Crippen molar-refractivity contribution in [2.75, 3.05) is 11.1 Å². The van der Waals surface area contributed by atoms with Crippen LogP contribution in [0.5, 0.6) is 0 Å². The van der Waals surface area contributed by atoms with Crippen LogP contribution < -0.4 is 10.9 Å². The predicted molar refractivity (Wildman–Crippen MR) is 107 cm³/mol. The number of hydrogen-bond donors (Lipinski definition) is 2. The Balaban J connectivity index is 1.55. The van der Waals surface area contributed by atoms with Crippen LogP contribution in [0.1, 0.15) is 24.0 Å². The molecule has 0 saturated carbocycles. The van der Waals surface area contributed by atoms with E-state index in [4.69, 9.17) is 0 Å². The second-order valence-electron chi connectivity index (χ2n) is 6.35. The Morgan fingerprint density at radius 2 is 1.96 bits per heavy atom. The molecule has 1 aromatic heterocycles. The fraction of sp³-hybridized carbons (Fsp3) is 0.250. The number of amides is 1. The van der Waals surface area contributed by atoms with Crippen molar-refractivity contribution in [3.05, 3.63) is 63.7 Å². The van der Waals surface area contributed by atoms with Crippen LogP contribution in [0.2, 0.25) is 0 Å². The summed E-state index contributed by atoms with van der Waals surface area (Å²) in [6, 6.07) is 9.52. The lowest BCUT2D eigenvalue weighted by molar-refractivity contribution is -0.116. The van der Waals surface area contributed by atoms with Gasteiger partial charge in [-0.05, 0) is 61.7 Å². The van der Waals surface area contributed by atoms with Crippen LogP contribution in [0.25, 0.3) is 10.9 Å². The predicted octanol–water partition coefficient (Wildman–Crippen LogP) is 4.19. The van der Waals surface area contributed by atoms with Crippen LogP contribution in [0.15, 0.2) is 46.3 Å². The van der Waals surface area contributed by atoms with E-state index >= 15 is 0 Å². The third-order valence-electron chi connectivity index (χ3n) is 4.04. The van der Waals surface area contributed by atoms with Crippen molar-refractivity contribution in [1.82, 2.24) is 9.97 Å². The minimum absolute atomic E-state index is 0.131. The smallest absolute Gasteiger partial charge is 0.259 e. The summed E-state index contributed by atoms with van der Waals surface area (Å²) in [4.78, 5) is 31.6. The Labute approximate surface area is 160 Å². The van der Waals surface area contributed by atoms with Gasteiger partial charge >= 0.3 is 0 Å². The number of aromatic amines is 1. The second kappa shape index (κ2) is 8.35. The molecule has 3 aromatic rings. The Morgan fingerprint density at radius 1 is 1.22 bits per heavy atom. The first-order chi connectivity index (χ1) is 12.9. The number of aryl methyl sites for hydroxylation is 2. The number of nitrogens with zero attached hydrogens (tertiary/aromatic N) is 1. The molecule has 0 aliphatic heterocycles. The maximum atomic E-state index is 12.9. The summed E-state index contributed by atoms with van der Waals surface area (Å²) in [5.74, 6) is 0.177. The molecule has 0 spiro atoms. The lowest BCUT2D eigenvalue weighted by Crippen LogP contribution is -2.12. The largest absolute Gasteiger partial charge is 0.326 e. The van der Waals surface area contributed by atoms with E-state index < -0.39 is 0 Å². The summed E-state index contributed by atoms with van der Waals surface area (Å²) >= 11 is 1.42. The molecule has 0 aliphatic rings. The maximum Gasteiger partial charge on any atom is 0.259 e. The van der Waals surface area contributed by atoms with E-state index in [1.165, 1.54) is 36.0 Å². The Kier molecular flexibility index (Phi) is 5.91. The van der Waals surface area contributed by atoms with E-state index in [9.17, 15) is 14.0 Å². The minimum Gasteiger partial charge on any atom is -0.326 e. The number of nitrogens with one attached hydrogen (secondary N) is 2. The molecule has 0 unspecified atom stereocenters. The molecule has 5 nitrogen and oxygen atoms in total. The highest BCUT2D eigenvalue weighted by Crippen LogP contribution is 2.20. The van der Waals surface area contributed by atoms with Crippen LogP contribution in [-0.2, 0) is 4.79 Å². The second-order valence-corrected chi connectivity index (χ2v) is 7.44. The average molecular weight is 385 g/mol. The van der Waals surface area contributed by atoms with Gasteiger partial charge in [0, 0.05) is 17.9 Å². The number of thioether (sulfide) groups is 1. The van der Waals surface area contributed by atoms with Gasteiger partial charge in [0.05, 0.1) is 10.9 Å². The minimum atomic E-state index is -0.341. The van der Waals surface area contributed by atoms with Crippen LogP contribution >= 0.6 is 11.8 Å². The molecular formula is C20H20FN3O2S. The number of carbonyl (C=O) groups excluding carboxylic acids is 1. The van der Waals surface area contributed by atoms with Gasteiger partial charge in [0.2, 0.25) is 5.91 Å². The van der Waals surface area contributed by atoms with Gasteiger partial charge < -0.3 is 10.3 Å². The van der Waals surface area contributed by atoms with Crippen LogP contribution in [0.4, 0.5) is 10.1 Å². The molecule has 140 valence electrons. The standard InChI is InChI=1S/C20H20FN3O2S/c1-12-10-13(2)18-16(11-12)23-20(24-19(18)26)27-9-3-4-17(25)22-15-7-5-14(21)6-8-15/h5-8,10-11H,3-4,9H2,1-2H3,(H,22,25)(H,23,24,26). The molecule has 2 N–H and O–H groups in total. The van der Waals surface area contributed by atoms with E-state index in [1.54, 1.807) is 0 Å². The first-order valence-corrected chi connectivity index (χ1v) is 9.60. The van der Waals surface area contributed by atoms with Crippen molar-refractivity contribution in [2.24, 2.45) is 0 Å². The number of halogens is 1. The molecule has 0 bridgehead atoms. The quantitative estimate of drug-likeness (QED) is 0.379. The summed E-state index contributed by atoms with van der Waals surface area (Å²) in [7, 11) is 0. The molecule has 0 saturated heterocycles. The molecule has 0 atom stereocenters. The lowest BCUT2D eigenvalue weighted by atomic mass is 10.1. The molecular weight excluding hydrogens is 365 g/mol. The van der Waals surface area contributed by atoms with E-state index in [0.29, 0.717) is 40.3 Å². The third kappa shape index (κ3) is 4.95. The van der Waals surface area contributed by atoms with E-state index in [2.05, 4.69) is 15.3 Å². The van der Waals surface area contributed by atoms with Crippen molar-refractivity contribution in [1.29, 1.82) is 0 Å². The van der Waals surface area contributed by atoms with Gasteiger partial charge in [-0.2, -0.15) is 0 Å². The molecule has 0 aliphatic carbocycles. The Morgan fingerprint density at radius 3 is 2.70 bits per heavy atom. The summed E-state index contributed by atoms with van der Waals surface area (Å²) < 4.78 is 12.9. The summed E-state index contributed by atoms with van der Waals surface area (Å²) in [5, 5.41) is 3.89. The van der Waals surface area contributed by atoms with Crippen LogP contribution in [0.3, 0.4) is 0 Å². The zero-order valence-electron chi connectivity index (χ0n) is 15.1. The van der Waals surface area contributed by atoms with Gasteiger partial charge in [-0.15, -0.1) is 0 Å². The van der Waals surface area contributed by atoms with Gasteiger partial charge in [-0.3, -0.25) is 9.59 Å². The highest BCUT2D eigenvalue weighted by molar-refractivity contribution is 7.99. The highest BCUT2D eigenvalue weighted by atomic mass is 32.2. The van der Waals surface area contributed by atoms with E-state index in [1.807, 2.05) is 26.0 Å². The number of benzene rings is 2. The molecule has 3 rings (SSSR count). The highest BCUT2D eigenvalue weighted by Gasteiger charge is 2.08. The fourth-order valence-corrected chi connectivity index (χ4v) is 3.66. The van der Waals surface area contributed by atoms with Crippen molar-refractivity contribution < 1.29 is 9.18 Å². The molecule has 1 amide bonds. The zero-order chi connectivity index (χ0) is 19.4. The zero-order valence-corrected chi connectivity index (χ0v) is 16.0. The number of anilines is 1. The van der Waals surface area contributed by atoms with Crippen molar-refractivity contribution >= 4 is 34.3 Å². The normalized spacial score (nSPS) is 10.9. The van der Waals surface area contributed by atoms with Crippen molar-refractivity contribution in [2.45, 2.75) is 31.8 Å². The van der Waals surface area contributed by atoms with Gasteiger partial charge in [0.15, 0.2) is 5.16 Å². The number of aromatic nitrogens is 2. The molecule has 2 aromatic carbocycles. The molecule has 0 fully saturated rings. The number of H-pyrrole nitrogens is 1. The molecule has 27 heavy (non-hydrogen) atoms. The van der Waals surface area contributed by atoms with Gasteiger partial charge in [-0.1, -0.05) is 17.8 Å². The van der Waals surface area contributed by atoms with E-state index in [0.717, 1.165) is 11.1 Å². The molecule has 0 radical (unpaired) electrons. The molecule has 7 heteroatoms. The van der Waals surface area contributed by atoms with Crippen molar-refractivity contribution in [3.8, 4) is 0 Å². The van der Waals surface area contributed by atoms with Crippen molar-refractivity contribution in [3.63, 3.8) is 0 Å².